The first kappa shape index (κ1) is 31.4. The Morgan fingerprint density at radius 1 is 0.800 bits per heavy atom. The summed E-state index contributed by atoms with van der Waals surface area (Å²) in [5.41, 5.74) is 5.99. The summed E-state index contributed by atoms with van der Waals surface area (Å²) in [6, 6.07) is 6.87. The number of nitro benzene ring substituents is 4. The van der Waals surface area contributed by atoms with E-state index in [1.807, 2.05) is 6.92 Å². The van der Waals surface area contributed by atoms with Gasteiger partial charge >= 0.3 is 11.4 Å². The van der Waals surface area contributed by atoms with Crippen molar-refractivity contribution in [2.45, 2.75) is 59.3 Å². The molecule has 3 aliphatic rings. The second-order valence-electron chi connectivity index (χ2n) is 12.4. The fourth-order valence-electron chi connectivity index (χ4n) is 8.10. The summed E-state index contributed by atoms with van der Waals surface area (Å²) in [4.78, 5) is 42.5. The summed E-state index contributed by atoms with van der Waals surface area (Å²) in [5.74, 6) is 1.63. The second kappa shape index (κ2) is 12.2. The Balaban J connectivity index is 1.29. The van der Waals surface area contributed by atoms with Crippen molar-refractivity contribution < 1.29 is 19.7 Å². The van der Waals surface area contributed by atoms with E-state index in [0.29, 0.717) is 17.8 Å². The molecule has 5 rings (SSSR count). The summed E-state index contributed by atoms with van der Waals surface area (Å²) >= 11 is 0. The van der Waals surface area contributed by atoms with Crippen LogP contribution in [0.4, 0.5) is 34.1 Å². The largest absolute Gasteiger partial charge is 0.301 e. The number of hydrogen-bond acceptors (Lipinski definition) is 12. The molecule has 0 bridgehead atoms. The van der Waals surface area contributed by atoms with Crippen LogP contribution < -0.4 is 10.9 Å². The quantitative estimate of drug-likeness (QED) is 0.164. The molecule has 6 unspecified atom stereocenters. The van der Waals surface area contributed by atoms with Crippen molar-refractivity contribution >= 4 is 45.5 Å². The number of hydrazone groups is 2. The highest BCUT2D eigenvalue weighted by Crippen LogP contribution is 2.62. The fourth-order valence-corrected chi connectivity index (χ4v) is 8.10. The van der Waals surface area contributed by atoms with Gasteiger partial charge in [-0.2, -0.15) is 10.2 Å². The Morgan fingerprint density at radius 3 is 1.93 bits per heavy atom. The monoisotopic (exact) mass is 622 g/mol. The zero-order chi connectivity index (χ0) is 32.6. The number of benzene rings is 2. The number of nitrogens with zero attached hydrogens (tertiary/aromatic N) is 6. The number of rotatable bonds is 9. The molecular formula is C29H34N8O8. The van der Waals surface area contributed by atoms with Crippen LogP contribution in [0.1, 0.15) is 59.3 Å². The maximum absolute atomic E-state index is 11.5. The van der Waals surface area contributed by atoms with E-state index in [0.717, 1.165) is 62.1 Å². The van der Waals surface area contributed by atoms with Gasteiger partial charge in [-0.3, -0.25) is 51.3 Å². The molecule has 3 aliphatic carbocycles. The van der Waals surface area contributed by atoms with Crippen molar-refractivity contribution in [2.24, 2.45) is 45.2 Å². The van der Waals surface area contributed by atoms with Gasteiger partial charge in [0.2, 0.25) is 0 Å². The van der Waals surface area contributed by atoms with Gasteiger partial charge in [0, 0.05) is 29.5 Å². The molecule has 0 aliphatic heterocycles. The zero-order valence-electron chi connectivity index (χ0n) is 25.0. The summed E-state index contributed by atoms with van der Waals surface area (Å²) in [7, 11) is 0. The van der Waals surface area contributed by atoms with Gasteiger partial charge in [0.05, 0.1) is 31.8 Å². The van der Waals surface area contributed by atoms with Crippen LogP contribution in [0.25, 0.3) is 0 Å². The van der Waals surface area contributed by atoms with Crippen molar-refractivity contribution in [3.8, 4) is 0 Å². The van der Waals surface area contributed by atoms with Gasteiger partial charge in [-0.1, -0.05) is 13.8 Å². The lowest BCUT2D eigenvalue weighted by atomic mass is 9.52. The van der Waals surface area contributed by atoms with Gasteiger partial charge in [-0.25, -0.2) is 0 Å². The molecule has 0 saturated heterocycles. The summed E-state index contributed by atoms with van der Waals surface area (Å²) in [5, 5.41) is 54.3. The van der Waals surface area contributed by atoms with Gasteiger partial charge in [0.25, 0.3) is 11.4 Å². The van der Waals surface area contributed by atoms with Crippen molar-refractivity contribution in [3.05, 3.63) is 76.9 Å². The van der Waals surface area contributed by atoms with Crippen LogP contribution in [0.3, 0.4) is 0 Å². The first-order valence-electron chi connectivity index (χ1n) is 14.8. The van der Waals surface area contributed by atoms with Gasteiger partial charge in [-0.15, -0.1) is 0 Å². The van der Waals surface area contributed by atoms with E-state index in [1.54, 1.807) is 0 Å². The lowest BCUT2D eigenvalue weighted by Gasteiger charge is -2.52. The molecule has 2 aromatic carbocycles. The lowest BCUT2D eigenvalue weighted by molar-refractivity contribution is -0.393. The third-order valence-corrected chi connectivity index (χ3v) is 10.3. The van der Waals surface area contributed by atoms with E-state index in [1.165, 1.54) is 24.3 Å². The van der Waals surface area contributed by atoms with Crippen molar-refractivity contribution in [2.75, 3.05) is 10.9 Å². The molecular weight excluding hydrogens is 588 g/mol. The molecule has 16 heteroatoms. The van der Waals surface area contributed by atoms with E-state index in [4.69, 9.17) is 0 Å². The van der Waals surface area contributed by atoms with Gasteiger partial charge in [-0.05, 0) is 86.7 Å². The van der Waals surface area contributed by atoms with Crippen LogP contribution in [-0.2, 0) is 0 Å². The van der Waals surface area contributed by atoms with Crippen LogP contribution in [-0.4, -0.2) is 31.1 Å². The minimum Gasteiger partial charge on any atom is -0.272 e. The maximum atomic E-state index is 11.5. The third-order valence-electron chi connectivity index (χ3n) is 10.3. The number of nitro groups is 4. The minimum absolute atomic E-state index is 0.0101. The number of fused-ring (bicyclic) bond motifs is 3. The van der Waals surface area contributed by atoms with Gasteiger partial charge in [0.1, 0.15) is 11.4 Å². The van der Waals surface area contributed by atoms with Crippen LogP contribution in [0.5, 0.6) is 0 Å². The van der Waals surface area contributed by atoms with Gasteiger partial charge < -0.3 is 0 Å². The molecule has 16 nitrogen and oxygen atoms in total. The molecule has 2 N–H and O–H groups in total. The number of anilines is 2. The predicted molar refractivity (Wildman–Crippen MR) is 166 cm³/mol. The SMILES string of the molecule is CC(=NNc1ccc([N+](=O)[O-])cc1[N+](=O)[O-])C1CCC2C3CCC(=NNc4ccc([N+](=O)[O-])cc4[N+](=O)[O-])C(C)C3CCC12C. The molecule has 3 fully saturated rings. The summed E-state index contributed by atoms with van der Waals surface area (Å²) in [6.45, 7) is 6.37. The number of nitrogens with one attached hydrogen (secondary N) is 2. The first-order valence-corrected chi connectivity index (χ1v) is 14.8. The van der Waals surface area contributed by atoms with Crippen molar-refractivity contribution in [3.63, 3.8) is 0 Å². The second-order valence-corrected chi connectivity index (χ2v) is 12.4. The van der Waals surface area contributed by atoms with Crippen molar-refractivity contribution in [1.29, 1.82) is 0 Å². The molecule has 0 spiro atoms. The van der Waals surface area contributed by atoms with E-state index in [2.05, 4.69) is 34.9 Å². The Labute approximate surface area is 257 Å². The minimum atomic E-state index is -0.677. The smallest absolute Gasteiger partial charge is 0.272 e. The number of hydrogen-bond donors (Lipinski definition) is 2. The number of non-ortho nitro benzene ring substituents is 2. The normalized spacial score (nSPS) is 28.6. The first-order chi connectivity index (χ1) is 21.3. The summed E-state index contributed by atoms with van der Waals surface area (Å²) in [6.07, 6.45) is 5.55. The topological polar surface area (TPSA) is 221 Å². The third kappa shape index (κ3) is 5.91. The van der Waals surface area contributed by atoms with E-state index < -0.39 is 31.1 Å². The van der Waals surface area contributed by atoms with E-state index >= 15 is 0 Å². The van der Waals surface area contributed by atoms with Crippen LogP contribution in [0.15, 0.2) is 46.6 Å². The lowest BCUT2D eigenvalue weighted by Crippen LogP contribution is -2.48. The molecule has 6 atom stereocenters. The highest BCUT2D eigenvalue weighted by atomic mass is 16.6. The van der Waals surface area contributed by atoms with E-state index in [-0.39, 0.29) is 40.0 Å². The molecule has 2 aromatic rings. The molecule has 0 amide bonds. The maximum Gasteiger partial charge on any atom is 0.301 e. The van der Waals surface area contributed by atoms with E-state index in [9.17, 15) is 40.5 Å². The van der Waals surface area contributed by atoms with Crippen LogP contribution >= 0.6 is 0 Å². The highest BCUT2D eigenvalue weighted by Gasteiger charge is 2.56. The van der Waals surface area contributed by atoms with Gasteiger partial charge in [0.15, 0.2) is 0 Å². The molecule has 3 saturated carbocycles. The Morgan fingerprint density at radius 2 is 1.38 bits per heavy atom. The molecule has 0 radical (unpaired) electrons. The zero-order valence-corrected chi connectivity index (χ0v) is 25.0. The Hall–Kier alpha value is -5.02. The summed E-state index contributed by atoms with van der Waals surface area (Å²) < 4.78 is 0. The fraction of sp³-hybridized carbons (Fsp3) is 0.517. The molecule has 238 valence electrons. The predicted octanol–water partition coefficient (Wildman–Crippen LogP) is 7.06. The molecule has 0 heterocycles. The van der Waals surface area contributed by atoms with Crippen LogP contribution in [0, 0.1) is 75.5 Å². The highest BCUT2D eigenvalue weighted by molar-refractivity contribution is 5.89. The average molecular weight is 623 g/mol. The van der Waals surface area contributed by atoms with Crippen LogP contribution in [0.2, 0.25) is 0 Å². The average Bonchev–Trinajstić information content (AvgIpc) is 3.36. The molecule has 45 heavy (non-hydrogen) atoms. The molecule has 0 aromatic heterocycles. The Bertz CT molecular complexity index is 1630. The van der Waals surface area contributed by atoms with Crippen molar-refractivity contribution in [1.82, 2.24) is 0 Å². The Kier molecular flexibility index (Phi) is 8.49. The standard InChI is InChI=1S/C29H34N8O8/c1-16-20-12-13-29(3)22(17(2)30-32-25-9-4-18(34(38)39)14-27(25)36(42)43)7-8-23(29)21(20)6-11-24(16)31-33-26-10-5-19(35(40)41)15-28(26)37(44)45/h4-5,9-10,14-16,20-23,32-33H,6-8,11-13H2,1-3H3.